The third kappa shape index (κ3) is 3.47. The van der Waals surface area contributed by atoms with Gasteiger partial charge in [0.1, 0.15) is 5.01 Å². The molecule has 1 aromatic heterocycles. The summed E-state index contributed by atoms with van der Waals surface area (Å²) in [7, 11) is -0.142. The van der Waals surface area contributed by atoms with Gasteiger partial charge < -0.3 is 4.72 Å². The summed E-state index contributed by atoms with van der Waals surface area (Å²) in [6.07, 6.45) is 0. The maximum atomic E-state index is 4.38. The lowest BCUT2D eigenvalue weighted by molar-refractivity contribution is 0.798. The van der Waals surface area contributed by atoms with Crippen molar-refractivity contribution in [3.05, 3.63) is 22.7 Å². The first-order chi connectivity index (χ1) is 6.80. The Morgan fingerprint density at radius 3 is 2.53 bits per heavy atom. The van der Waals surface area contributed by atoms with Crippen molar-refractivity contribution in [1.82, 2.24) is 9.71 Å². The summed E-state index contributed by atoms with van der Waals surface area (Å²) < 4.78 is 3.47. The number of nitrogens with zero attached hydrogens (tertiary/aromatic N) is 1. The molecule has 84 valence electrons. The van der Waals surface area contributed by atoms with Crippen molar-refractivity contribution >= 4 is 33.6 Å². The second kappa shape index (κ2) is 4.49. The van der Waals surface area contributed by atoms with E-state index in [4.69, 9.17) is 0 Å². The van der Waals surface area contributed by atoms with Crippen LogP contribution in [0, 0.1) is 6.92 Å². The maximum Gasteiger partial charge on any atom is 0.139 e. The molecule has 1 rings (SSSR count). The van der Waals surface area contributed by atoms with Gasteiger partial charge in [-0.1, -0.05) is 23.1 Å². The van der Waals surface area contributed by atoms with Crippen LogP contribution in [0.5, 0.6) is 0 Å². The van der Waals surface area contributed by atoms with Gasteiger partial charge in [-0.15, -0.1) is 11.3 Å². The molecule has 0 aromatic carbocycles. The number of hydrogen-bond acceptors (Lipinski definition) is 3. The molecular formula is C11H18N2S2. The Kier molecular flexibility index (Phi) is 3.73. The number of aryl methyl sites for hydroxylation is 1. The van der Waals surface area contributed by atoms with Crippen molar-refractivity contribution in [2.75, 3.05) is 0 Å². The van der Waals surface area contributed by atoms with Crippen LogP contribution >= 0.6 is 22.0 Å². The number of hydrogen-bond donors (Lipinski definition) is 1. The van der Waals surface area contributed by atoms with E-state index in [1.54, 1.807) is 11.3 Å². The van der Waals surface area contributed by atoms with E-state index in [2.05, 4.69) is 42.9 Å². The summed E-state index contributed by atoms with van der Waals surface area (Å²) in [5.41, 5.74) is 1.92. The predicted molar refractivity (Wildman–Crippen MR) is 73.5 cm³/mol. The van der Waals surface area contributed by atoms with Crippen molar-refractivity contribution in [2.45, 2.75) is 32.4 Å². The van der Waals surface area contributed by atoms with E-state index in [0.717, 1.165) is 16.4 Å². The van der Waals surface area contributed by atoms with E-state index in [-0.39, 0.29) is 15.4 Å². The summed E-state index contributed by atoms with van der Waals surface area (Å²) in [5.74, 6) is 4.11. The summed E-state index contributed by atoms with van der Waals surface area (Å²) in [6.45, 7) is 12.5. The molecule has 0 aliphatic heterocycles. The van der Waals surface area contributed by atoms with Gasteiger partial charge in [0.2, 0.25) is 0 Å². The molecule has 1 aromatic rings. The van der Waals surface area contributed by atoms with E-state index in [1.807, 2.05) is 12.3 Å². The minimum atomic E-state index is -0.142. The molecule has 0 aliphatic rings. The van der Waals surface area contributed by atoms with Crippen LogP contribution in [0.4, 0.5) is 0 Å². The highest BCUT2D eigenvalue weighted by atomic mass is 32.2. The second-order valence-corrected chi connectivity index (χ2v) is 7.45. The highest BCUT2D eigenvalue weighted by Crippen LogP contribution is 2.29. The molecule has 0 fully saturated rings. The van der Waals surface area contributed by atoms with Gasteiger partial charge in [0.05, 0.1) is 5.70 Å². The van der Waals surface area contributed by atoms with E-state index in [9.17, 15) is 0 Å². The zero-order chi connectivity index (χ0) is 11.6. The van der Waals surface area contributed by atoms with Crippen LogP contribution in [-0.2, 0) is 0 Å². The molecule has 1 atom stereocenters. The molecule has 15 heavy (non-hydrogen) atoms. The molecule has 0 radical (unpaired) electrons. The van der Waals surface area contributed by atoms with Crippen molar-refractivity contribution < 1.29 is 0 Å². The molecular weight excluding hydrogens is 224 g/mol. The third-order valence-electron chi connectivity index (χ3n) is 1.86. The van der Waals surface area contributed by atoms with Gasteiger partial charge in [-0.05, 0) is 27.7 Å². The van der Waals surface area contributed by atoms with Crippen molar-refractivity contribution in [3.63, 3.8) is 0 Å². The van der Waals surface area contributed by atoms with Gasteiger partial charge in [-0.2, -0.15) is 0 Å². The van der Waals surface area contributed by atoms with Gasteiger partial charge in [0, 0.05) is 15.8 Å². The molecule has 0 spiro atoms. The number of aromatic nitrogens is 1. The van der Waals surface area contributed by atoms with Gasteiger partial charge in [-0.25, -0.2) is 4.98 Å². The summed E-state index contributed by atoms with van der Waals surface area (Å²) in [5, 5.41) is 2.98. The minimum absolute atomic E-state index is 0.142. The van der Waals surface area contributed by atoms with Gasteiger partial charge in [-0.3, -0.25) is 0 Å². The predicted octanol–water partition coefficient (Wildman–Crippen LogP) is 3.43. The summed E-state index contributed by atoms with van der Waals surface area (Å²) >= 11 is 1.61. The molecule has 1 heterocycles. The molecule has 2 nitrogen and oxygen atoms in total. The zero-order valence-corrected chi connectivity index (χ0v) is 11.4. The average Bonchev–Trinajstić information content (AvgIpc) is 2.50. The Labute approximate surface area is 98.5 Å². The number of rotatable bonds is 3. The molecule has 4 heteroatoms. The zero-order valence-electron chi connectivity index (χ0n) is 9.76. The molecule has 0 amide bonds. The van der Waals surface area contributed by atoms with Crippen LogP contribution in [-0.4, -0.2) is 15.6 Å². The highest BCUT2D eigenvalue weighted by Gasteiger charge is 2.15. The van der Waals surface area contributed by atoms with Crippen LogP contribution in [0.15, 0.2) is 12.0 Å². The third-order valence-corrected chi connectivity index (χ3v) is 4.85. The Morgan fingerprint density at radius 1 is 1.53 bits per heavy atom. The van der Waals surface area contributed by atoms with Crippen LogP contribution in [0.1, 0.15) is 31.5 Å². The fourth-order valence-electron chi connectivity index (χ4n) is 0.838. The second-order valence-electron chi connectivity index (χ2n) is 4.38. The quantitative estimate of drug-likeness (QED) is 0.821. The Balaban J connectivity index is 2.69. The lowest BCUT2D eigenvalue weighted by atomic mass is 10.3. The topological polar surface area (TPSA) is 24.9 Å². The summed E-state index contributed by atoms with van der Waals surface area (Å²) in [6, 6.07) is 0. The van der Waals surface area contributed by atoms with Gasteiger partial charge in [0.25, 0.3) is 0 Å². The standard InChI is InChI=1S/C11H18N2S2/c1-8-7-14-10(12-8)9(2)13-15(6)11(3,4)5/h7,13H,2,6H2,1,3-5H3. The minimum Gasteiger partial charge on any atom is -0.333 e. The summed E-state index contributed by atoms with van der Waals surface area (Å²) in [4.78, 5) is 4.38. The van der Waals surface area contributed by atoms with E-state index in [0.29, 0.717) is 0 Å². The highest BCUT2D eigenvalue weighted by molar-refractivity contribution is 8.13. The Bertz CT molecular complexity index is 386. The fraction of sp³-hybridized carbons (Fsp3) is 0.455. The first kappa shape index (κ1) is 12.5. The van der Waals surface area contributed by atoms with Crippen LogP contribution in [0.25, 0.3) is 5.70 Å². The fourth-order valence-corrected chi connectivity index (χ4v) is 2.33. The van der Waals surface area contributed by atoms with E-state index < -0.39 is 0 Å². The van der Waals surface area contributed by atoms with Gasteiger partial charge >= 0.3 is 0 Å². The molecule has 1 N–H and O–H groups in total. The van der Waals surface area contributed by atoms with E-state index >= 15 is 0 Å². The largest absolute Gasteiger partial charge is 0.333 e. The monoisotopic (exact) mass is 242 g/mol. The van der Waals surface area contributed by atoms with E-state index in [1.165, 1.54) is 0 Å². The van der Waals surface area contributed by atoms with Crippen molar-refractivity contribution in [2.24, 2.45) is 0 Å². The first-order valence-electron chi connectivity index (χ1n) is 4.73. The lowest BCUT2D eigenvalue weighted by Crippen LogP contribution is -2.19. The first-order valence-corrected chi connectivity index (χ1v) is 7.00. The molecule has 0 bridgehead atoms. The molecule has 0 saturated carbocycles. The number of nitrogens with one attached hydrogen (secondary N) is 1. The SMILES string of the molecule is C=C(NS(=C)C(C)(C)C)c1nc(C)cs1. The smallest absolute Gasteiger partial charge is 0.139 e. The van der Waals surface area contributed by atoms with Crippen LogP contribution < -0.4 is 4.72 Å². The normalized spacial score (nSPS) is 13.6. The number of thiazole rings is 1. The van der Waals surface area contributed by atoms with Crippen molar-refractivity contribution in [3.8, 4) is 0 Å². The van der Waals surface area contributed by atoms with Crippen molar-refractivity contribution in [1.29, 1.82) is 0 Å². The van der Waals surface area contributed by atoms with Gasteiger partial charge in [0.15, 0.2) is 0 Å². The van der Waals surface area contributed by atoms with Crippen LogP contribution in [0.3, 0.4) is 0 Å². The maximum absolute atomic E-state index is 4.38. The Hall–Kier alpha value is -0.610. The van der Waals surface area contributed by atoms with Crippen LogP contribution in [0.2, 0.25) is 0 Å². The average molecular weight is 242 g/mol. The molecule has 0 saturated heterocycles. The molecule has 1 unspecified atom stereocenters. The molecule has 0 aliphatic carbocycles. The Morgan fingerprint density at radius 2 is 2.13 bits per heavy atom. The lowest BCUT2D eigenvalue weighted by Gasteiger charge is -2.24.